The highest BCUT2D eigenvalue weighted by atomic mass is 16.4. The predicted octanol–water partition coefficient (Wildman–Crippen LogP) is 0.205. The first-order chi connectivity index (χ1) is 8.43. The van der Waals surface area contributed by atoms with Gasteiger partial charge in [0.1, 0.15) is 5.54 Å². The molecule has 1 saturated heterocycles. The predicted molar refractivity (Wildman–Crippen MR) is 70.4 cm³/mol. The normalized spacial score (nSPS) is 29.2. The minimum absolute atomic E-state index is 0.166. The van der Waals surface area contributed by atoms with Crippen molar-refractivity contribution in [3.63, 3.8) is 0 Å². The third-order valence-electron chi connectivity index (χ3n) is 4.44. The summed E-state index contributed by atoms with van der Waals surface area (Å²) in [5.74, 6) is -0.681. The molecule has 2 fully saturated rings. The van der Waals surface area contributed by atoms with Crippen LogP contribution in [0, 0.1) is 5.92 Å². The highest BCUT2D eigenvalue weighted by Crippen LogP contribution is 2.39. The molecule has 2 atom stereocenters. The maximum absolute atomic E-state index is 11.4. The van der Waals surface area contributed by atoms with Crippen LogP contribution in [0.4, 0.5) is 0 Å². The molecule has 1 heterocycles. The average Bonchev–Trinajstić information content (AvgIpc) is 3.12. The largest absolute Gasteiger partial charge is 0.480 e. The van der Waals surface area contributed by atoms with Crippen LogP contribution in [0.15, 0.2) is 0 Å². The van der Waals surface area contributed by atoms with E-state index in [0.29, 0.717) is 12.6 Å². The lowest BCUT2D eigenvalue weighted by atomic mass is 9.92. The quantitative estimate of drug-likeness (QED) is 0.734. The number of hydrogen-bond donors (Lipinski definition) is 2. The van der Waals surface area contributed by atoms with Gasteiger partial charge >= 0.3 is 5.97 Å². The smallest absolute Gasteiger partial charge is 0.325 e. The van der Waals surface area contributed by atoms with E-state index in [0.717, 1.165) is 32.4 Å². The van der Waals surface area contributed by atoms with Gasteiger partial charge in [0.05, 0.1) is 0 Å². The van der Waals surface area contributed by atoms with Crippen molar-refractivity contribution in [2.24, 2.45) is 11.7 Å². The zero-order valence-corrected chi connectivity index (χ0v) is 11.4. The molecule has 3 N–H and O–H groups in total. The summed E-state index contributed by atoms with van der Waals surface area (Å²) in [4.78, 5) is 15.9. The Balaban J connectivity index is 1.96. The van der Waals surface area contributed by atoms with E-state index >= 15 is 0 Å². The number of nitrogens with zero attached hydrogens (tertiary/aromatic N) is 2. The van der Waals surface area contributed by atoms with Crippen molar-refractivity contribution in [1.29, 1.82) is 0 Å². The number of carboxylic acids is 1. The molecule has 0 aromatic heterocycles. The Morgan fingerprint density at radius 1 is 1.50 bits per heavy atom. The van der Waals surface area contributed by atoms with Gasteiger partial charge in [-0.25, -0.2) is 0 Å². The van der Waals surface area contributed by atoms with E-state index < -0.39 is 11.5 Å². The van der Waals surface area contributed by atoms with Gasteiger partial charge in [0.25, 0.3) is 0 Å². The molecule has 0 amide bonds. The Morgan fingerprint density at radius 3 is 2.67 bits per heavy atom. The third kappa shape index (κ3) is 2.84. The van der Waals surface area contributed by atoms with Crippen molar-refractivity contribution >= 4 is 5.97 Å². The number of carbonyl (C=O) groups is 1. The lowest BCUT2D eigenvalue weighted by Gasteiger charge is -2.39. The molecule has 1 saturated carbocycles. The van der Waals surface area contributed by atoms with Gasteiger partial charge in [0.15, 0.2) is 0 Å². The molecule has 5 heteroatoms. The van der Waals surface area contributed by atoms with E-state index in [1.807, 2.05) is 7.05 Å². The van der Waals surface area contributed by atoms with Crippen molar-refractivity contribution in [1.82, 2.24) is 9.80 Å². The zero-order chi connectivity index (χ0) is 13.3. The monoisotopic (exact) mass is 255 g/mol. The molecule has 5 nitrogen and oxygen atoms in total. The van der Waals surface area contributed by atoms with Crippen LogP contribution >= 0.6 is 0 Å². The van der Waals surface area contributed by atoms with Crippen LogP contribution in [0.25, 0.3) is 0 Å². The maximum Gasteiger partial charge on any atom is 0.325 e. The molecule has 1 aliphatic carbocycles. The second-order valence-corrected chi connectivity index (χ2v) is 6.09. The lowest BCUT2D eigenvalue weighted by Crippen LogP contribution is -2.60. The Bertz CT molecular complexity index is 319. The Hall–Kier alpha value is -0.650. The van der Waals surface area contributed by atoms with Crippen LogP contribution < -0.4 is 5.73 Å². The zero-order valence-electron chi connectivity index (χ0n) is 11.4. The molecular weight excluding hydrogens is 230 g/mol. The minimum Gasteiger partial charge on any atom is -0.480 e. The number of likely N-dealkylation sites (N-methyl/N-ethyl adjacent to an activating group) is 2. The molecule has 0 aromatic rings. The molecule has 0 aromatic carbocycles. The molecular formula is C13H25N3O2. The number of rotatable bonds is 5. The lowest BCUT2D eigenvalue weighted by molar-refractivity contribution is -0.145. The molecule has 2 unspecified atom stereocenters. The summed E-state index contributed by atoms with van der Waals surface area (Å²) in [5, 5.41) is 9.38. The molecule has 0 radical (unpaired) electrons. The fourth-order valence-corrected chi connectivity index (χ4v) is 3.01. The minimum atomic E-state index is -1.05. The maximum atomic E-state index is 11.4. The van der Waals surface area contributed by atoms with Crippen LogP contribution in [0.5, 0.6) is 0 Å². The van der Waals surface area contributed by atoms with Crippen LogP contribution in [0.2, 0.25) is 0 Å². The molecule has 104 valence electrons. The van der Waals surface area contributed by atoms with E-state index in [4.69, 9.17) is 5.73 Å². The molecule has 18 heavy (non-hydrogen) atoms. The van der Waals surface area contributed by atoms with Crippen molar-refractivity contribution in [2.75, 3.05) is 33.7 Å². The summed E-state index contributed by atoms with van der Waals surface area (Å²) >= 11 is 0. The molecule has 0 bridgehead atoms. The summed E-state index contributed by atoms with van der Waals surface area (Å²) in [6.45, 7) is 2.61. The van der Waals surface area contributed by atoms with Crippen molar-refractivity contribution < 1.29 is 9.90 Å². The number of likely N-dealkylation sites (tertiary alicyclic amines) is 1. The Kier molecular flexibility index (Phi) is 3.94. The number of piperidine rings is 1. The van der Waals surface area contributed by atoms with E-state index in [-0.39, 0.29) is 5.92 Å². The third-order valence-corrected chi connectivity index (χ3v) is 4.44. The van der Waals surface area contributed by atoms with Crippen molar-refractivity contribution in [3.8, 4) is 0 Å². The topological polar surface area (TPSA) is 69.8 Å². The van der Waals surface area contributed by atoms with Crippen molar-refractivity contribution in [2.45, 2.75) is 37.3 Å². The fourth-order valence-electron chi connectivity index (χ4n) is 3.01. The van der Waals surface area contributed by atoms with Gasteiger partial charge in [-0.05, 0) is 52.2 Å². The number of carboxylic acid groups (broad SMARTS) is 1. The number of nitrogens with two attached hydrogens (primary N) is 1. The van der Waals surface area contributed by atoms with Crippen LogP contribution in [-0.4, -0.2) is 66.2 Å². The molecule has 0 spiro atoms. The Labute approximate surface area is 109 Å². The van der Waals surface area contributed by atoms with Crippen LogP contribution in [-0.2, 0) is 4.79 Å². The first kappa shape index (κ1) is 13.8. The van der Waals surface area contributed by atoms with Gasteiger partial charge in [0, 0.05) is 19.1 Å². The second kappa shape index (κ2) is 5.15. The van der Waals surface area contributed by atoms with Crippen LogP contribution in [0.1, 0.15) is 25.7 Å². The van der Waals surface area contributed by atoms with E-state index in [9.17, 15) is 9.90 Å². The Morgan fingerprint density at radius 2 is 2.17 bits per heavy atom. The van der Waals surface area contributed by atoms with E-state index in [1.54, 1.807) is 0 Å². The van der Waals surface area contributed by atoms with Gasteiger partial charge < -0.3 is 15.7 Å². The fraction of sp³-hybridized carbons (Fsp3) is 0.923. The SMILES string of the molecule is CN1CCCC(N(C)CC(N)(C(=O)O)C2CC2)C1. The molecule has 2 aliphatic rings. The average molecular weight is 255 g/mol. The number of aliphatic carboxylic acids is 1. The summed E-state index contributed by atoms with van der Waals surface area (Å²) < 4.78 is 0. The highest BCUT2D eigenvalue weighted by Gasteiger charge is 2.49. The summed E-state index contributed by atoms with van der Waals surface area (Å²) in [6.07, 6.45) is 4.24. The first-order valence-corrected chi connectivity index (χ1v) is 6.84. The molecule has 2 rings (SSSR count). The highest BCUT2D eigenvalue weighted by molar-refractivity contribution is 5.79. The standard InChI is InChI=1S/C13H25N3O2/c1-15-7-3-4-11(8-15)16(2)9-13(14,12(17)18)10-5-6-10/h10-11H,3-9,14H2,1-2H3,(H,17,18). The van der Waals surface area contributed by atoms with Gasteiger partial charge in [-0.3, -0.25) is 9.69 Å². The van der Waals surface area contributed by atoms with E-state index in [1.165, 1.54) is 6.42 Å². The first-order valence-electron chi connectivity index (χ1n) is 6.84. The van der Waals surface area contributed by atoms with Gasteiger partial charge in [-0.1, -0.05) is 0 Å². The number of hydrogen-bond acceptors (Lipinski definition) is 4. The van der Waals surface area contributed by atoms with Crippen LogP contribution in [0.3, 0.4) is 0 Å². The van der Waals surface area contributed by atoms with Gasteiger partial charge in [0.2, 0.25) is 0 Å². The molecule has 1 aliphatic heterocycles. The summed E-state index contributed by atoms with van der Waals surface area (Å²) in [6, 6.07) is 0.435. The summed E-state index contributed by atoms with van der Waals surface area (Å²) in [7, 11) is 4.13. The van der Waals surface area contributed by atoms with Crippen molar-refractivity contribution in [3.05, 3.63) is 0 Å². The van der Waals surface area contributed by atoms with Gasteiger partial charge in [-0.15, -0.1) is 0 Å². The van der Waals surface area contributed by atoms with Gasteiger partial charge in [-0.2, -0.15) is 0 Å². The second-order valence-electron chi connectivity index (χ2n) is 6.09. The van der Waals surface area contributed by atoms with E-state index in [2.05, 4.69) is 16.8 Å². The summed E-state index contributed by atoms with van der Waals surface area (Å²) in [5.41, 5.74) is 5.08.